The minimum atomic E-state index is -1.49. The predicted molar refractivity (Wildman–Crippen MR) is 358 cm³/mol. The van der Waals surface area contributed by atoms with Gasteiger partial charge in [0, 0.05) is 208 Å². The van der Waals surface area contributed by atoms with Crippen LogP contribution in [0.4, 0.5) is 0 Å². The van der Waals surface area contributed by atoms with Gasteiger partial charge in [0.1, 0.15) is 11.6 Å². The maximum atomic E-state index is 10.9. The van der Waals surface area contributed by atoms with Crippen molar-refractivity contribution in [2.24, 2.45) is 4.99 Å². The van der Waals surface area contributed by atoms with Crippen LogP contribution in [0.15, 0.2) is 29.5 Å². The minimum absolute atomic E-state index is 0.180. The lowest BCUT2D eigenvalue weighted by Crippen LogP contribution is -3.12. The summed E-state index contributed by atoms with van der Waals surface area (Å²) in [5.74, 6) is 0.764. The number of piperidine rings is 1. The smallest absolute Gasteiger partial charge is 0.237 e. The quantitative estimate of drug-likeness (QED) is 0.119. The van der Waals surface area contributed by atoms with Gasteiger partial charge in [0.2, 0.25) is 17.3 Å². The number of morpholine rings is 1. The van der Waals surface area contributed by atoms with E-state index in [-0.39, 0.29) is 12.2 Å². The molecular formula is C67H114N20O5S. The summed E-state index contributed by atoms with van der Waals surface area (Å²) in [6.07, 6.45) is 27.2. The number of rotatable bonds is 17. The molecule has 18 aliphatic heterocycles. The Morgan fingerprint density at radius 1 is 0.441 bits per heavy atom. The summed E-state index contributed by atoms with van der Waals surface area (Å²) in [5, 5.41) is 18.1. The average molecular weight is 1310 g/mol. The van der Waals surface area contributed by atoms with Gasteiger partial charge >= 0.3 is 0 Å². The Kier molecular flexibility index (Phi) is 17.2. The van der Waals surface area contributed by atoms with Crippen LogP contribution in [0, 0.1) is 0 Å². The Morgan fingerprint density at radius 2 is 1.06 bits per heavy atom. The lowest BCUT2D eigenvalue weighted by Gasteiger charge is -2.87. The summed E-state index contributed by atoms with van der Waals surface area (Å²) in [6.45, 7) is 29.2. The average Bonchev–Trinajstić information content (AvgIpc) is 1.55. The molecule has 0 saturated carbocycles. The van der Waals surface area contributed by atoms with Crippen LogP contribution in [0.1, 0.15) is 89.9 Å². The number of hydrogen-bond acceptors (Lipinski definition) is 26. The maximum absolute atomic E-state index is 10.9. The van der Waals surface area contributed by atoms with E-state index in [0.29, 0.717) is 46.1 Å². The van der Waals surface area contributed by atoms with Crippen LogP contribution in [0.3, 0.4) is 0 Å². The van der Waals surface area contributed by atoms with Crippen molar-refractivity contribution in [3.8, 4) is 0 Å². The van der Waals surface area contributed by atoms with Crippen LogP contribution in [0.2, 0.25) is 0 Å². The van der Waals surface area contributed by atoms with Gasteiger partial charge in [-0.2, -0.15) is 16.8 Å². The number of ether oxygens (including phenoxy) is 5. The highest BCUT2D eigenvalue weighted by Crippen LogP contribution is 2.78. The normalized spacial score (nSPS) is 45.6. The number of piperazine rings is 1. The van der Waals surface area contributed by atoms with Crippen molar-refractivity contribution in [3.63, 3.8) is 0 Å². The molecule has 0 aliphatic carbocycles. The Bertz CT molecular complexity index is 2630. The lowest BCUT2D eigenvalue weighted by molar-refractivity contribution is -0.556. The molecule has 0 spiro atoms. The maximum Gasteiger partial charge on any atom is 0.237 e. The second kappa shape index (κ2) is 25.3. The fourth-order valence-corrected chi connectivity index (χ4v) is 24.2. The third kappa shape index (κ3) is 8.42. The molecule has 25 nitrogen and oxygen atoms in total. The van der Waals surface area contributed by atoms with Gasteiger partial charge in [0.15, 0.2) is 28.4 Å². The number of thioether (sulfide) groups is 1. The molecule has 26 heteroatoms. The van der Waals surface area contributed by atoms with Crippen molar-refractivity contribution in [3.05, 3.63) is 24.6 Å². The number of likely N-dealkylation sites (tertiary alicyclic amines) is 4. The predicted octanol–water partition coefficient (Wildman–Crippen LogP) is -0.468. The summed E-state index contributed by atoms with van der Waals surface area (Å²) in [4.78, 5) is 42.7. The first-order valence-electron chi connectivity index (χ1n) is 37.9. The number of nitrogens with zero attached hydrogens (tertiary/aromatic N) is 15. The SMILES string of the molecule is C1=CN(C2(N3CCCC3)C(N3C=NCC3)(C3(N4CCCNCC4)OC(N4CCNC4)(N4CC=CN4)C(N4CCOCC4)(N4CCCN4)C(N4CCCCC4)(N4CCSCC4)C3(N3CCCCCC3)N3CCNCC3)OC(C3CO3)(N3CC3)C2(C2CCO2)N2CCC2)CC1. The Labute approximate surface area is 558 Å². The zero-order valence-corrected chi connectivity index (χ0v) is 57.1. The number of hydrogen-bond donors (Lipinski definition) is 5. The van der Waals surface area contributed by atoms with Crippen LogP contribution in [-0.2, 0) is 23.7 Å². The molecule has 0 aromatic carbocycles. The topological polar surface area (TPSA) is 167 Å². The van der Waals surface area contributed by atoms with E-state index in [1.54, 1.807) is 0 Å². The van der Waals surface area contributed by atoms with Gasteiger partial charge in [-0.3, -0.25) is 54.5 Å². The van der Waals surface area contributed by atoms with E-state index in [2.05, 4.69) is 138 Å². The molecule has 0 amide bonds. The van der Waals surface area contributed by atoms with E-state index in [0.717, 1.165) is 265 Å². The molecule has 0 bridgehead atoms. The van der Waals surface area contributed by atoms with Gasteiger partial charge < -0.3 is 54.9 Å². The zero-order valence-electron chi connectivity index (χ0n) is 56.3. The Morgan fingerprint density at radius 3 is 1.67 bits per heavy atom. The molecule has 15 fully saturated rings. The molecule has 18 rings (SSSR count). The van der Waals surface area contributed by atoms with Gasteiger partial charge in [-0.1, -0.05) is 31.4 Å². The van der Waals surface area contributed by atoms with Gasteiger partial charge in [0.25, 0.3) is 0 Å². The van der Waals surface area contributed by atoms with Crippen LogP contribution in [-0.4, -0.2) is 380 Å². The summed E-state index contributed by atoms with van der Waals surface area (Å²) >= 11 is 2.18. The molecule has 15 saturated heterocycles. The van der Waals surface area contributed by atoms with Crippen molar-refractivity contribution < 1.29 is 23.7 Å². The lowest BCUT2D eigenvalue weighted by atomic mass is 9.54. The van der Waals surface area contributed by atoms with Gasteiger partial charge in [-0.15, -0.1) is 0 Å². The number of aliphatic imine (C=N–C) groups is 1. The molecule has 11 atom stereocenters. The molecule has 18 heterocycles. The largest absolute Gasteiger partial charge is 0.379 e. The van der Waals surface area contributed by atoms with Crippen LogP contribution >= 0.6 is 11.8 Å². The molecule has 0 radical (unpaired) electrons. The number of epoxide rings is 1. The zero-order chi connectivity index (χ0) is 61.8. The van der Waals surface area contributed by atoms with E-state index >= 15 is 0 Å². The second-order valence-corrected chi connectivity index (χ2v) is 31.5. The third-order valence-corrected chi connectivity index (χ3v) is 27.3. The molecule has 18 aliphatic rings. The first kappa shape index (κ1) is 63.3. The molecule has 518 valence electrons. The fraction of sp³-hybridized carbons (Fsp3) is 0.925. The molecule has 93 heavy (non-hydrogen) atoms. The summed E-state index contributed by atoms with van der Waals surface area (Å²) < 4.78 is 43.3. The Hall–Kier alpha value is -1.94. The highest BCUT2D eigenvalue weighted by molar-refractivity contribution is 7.99. The monoisotopic (exact) mass is 1310 g/mol. The van der Waals surface area contributed by atoms with Gasteiger partial charge in [-0.25, -0.2) is 9.91 Å². The van der Waals surface area contributed by atoms with Gasteiger partial charge in [0.05, 0.1) is 45.5 Å². The first-order valence-corrected chi connectivity index (χ1v) is 39.1. The number of nitrogens with one attached hydrogen (secondary N) is 5. The van der Waals surface area contributed by atoms with Crippen molar-refractivity contribution in [1.29, 1.82) is 0 Å². The van der Waals surface area contributed by atoms with Gasteiger partial charge in [-0.05, 0) is 83.4 Å². The van der Waals surface area contributed by atoms with E-state index in [1.165, 1.54) is 19.3 Å². The molecule has 0 aromatic heterocycles. The van der Waals surface area contributed by atoms with Crippen molar-refractivity contribution in [2.45, 2.75) is 153 Å². The third-order valence-electron chi connectivity index (χ3n) is 26.3. The van der Waals surface area contributed by atoms with E-state index < -0.39 is 51.2 Å². The standard InChI is InChI=1S/C67H114N20O5S/c1-2-5-28-79(27-4-1)63(80-38-20-69-21-39-80)62(78-25-6-3-7-26-78,82-47-52-93-53-48-82)64(86-36-13-18-72-86,81-45-50-88-51-46-81)67(85-42-24-71-56-85,87-37-14-19-73-87)92-66(63,83-33-12-17-68-22-40-83)65(84-41-23-70-55-84)61(76-29-8-9-30-76,77-31-10-11-32-77)59(57-16-49-89-57,74-34-15-35-74)60(91-65,58-54-90-58)75-43-44-75/h8,14,19,29,55,57-58,68-69,71-73H,1-7,9-13,15-18,20-28,30-54,56H2. The fourth-order valence-electron chi connectivity index (χ4n) is 23.3. The van der Waals surface area contributed by atoms with E-state index in [4.69, 9.17) is 19.2 Å². The minimum Gasteiger partial charge on any atom is -0.379 e. The summed E-state index contributed by atoms with van der Waals surface area (Å²) in [7, 11) is 0. The summed E-state index contributed by atoms with van der Waals surface area (Å²) in [6, 6.07) is 0. The molecule has 5 N–H and O–H groups in total. The first-order chi connectivity index (χ1) is 46.1. The Balaban J connectivity index is 1.14. The molecular weight excluding hydrogens is 1200 g/mol. The van der Waals surface area contributed by atoms with Crippen LogP contribution in [0.5, 0.6) is 0 Å². The van der Waals surface area contributed by atoms with Crippen molar-refractivity contribution in [2.75, 3.05) is 241 Å². The van der Waals surface area contributed by atoms with E-state index in [9.17, 15) is 9.47 Å². The molecule has 0 aromatic rings. The van der Waals surface area contributed by atoms with Crippen molar-refractivity contribution in [1.82, 2.24) is 95.6 Å². The number of hydrazine groups is 2. The highest BCUT2D eigenvalue weighted by atomic mass is 32.2. The van der Waals surface area contributed by atoms with Crippen molar-refractivity contribution >= 4 is 18.1 Å². The summed E-state index contributed by atoms with van der Waals surface area (Å²) in [5.41, 5.74) is -0.111. The van der Waals surface area contributed by atoms with Crippen LogP contribution in [0.25, 0.3) is 0 Å². The van der Waals surface area contributed by atoms with Crippen LogP contribution < -0.4 is 26.8 Å². The highest BCUT2D eigenvalue weighted by Gasteiger charge is 3.04. The second-order valence-electron chi connectivity index (χ2n) is 30.3. The molecule has 11 unspecified atom stereocenters. The van der Waals surface area contributed by atoms with E-state index in [1.807, 2.05) is 0 Å².